The molecule has 0 aliphatic carbocycles. The van der Waals surface area contributed by atoms with Crippen molar-refractivity contribution in [1.82, 2.24) is 0 Å². The number of amides is 1. The third kappa shape index (κ3) is 4.79. The number of nitrogens with one attached hydrogen (secondary N) is 1. The first-order chi connectivity index (χ1) is 10.7. The van der Waals surface area contributed by atoms with Gasteiger partial charge in [0.1, 0.15) is 5.75 Å². The maximum Gasteiger partial charge on any atom is 0.226 e. The Morgan fingerprint density at radius 3 is 2.68 bits per heavy atom. The average Bonchev–Trinajstić information content (AvgIpc) is 2.54. The van der Waals surface area contributed by atoms with E-state index in [0.29, 0.717) is 30.3 Å². The molecule has 2 rings (SSSR count). The van der Waals surface area contributed by atoms with Gasteiger partial charge in [0.2, 0.25) is 5.91 Å². The van der Waals surface area contributed by atoms with Crippen LogP contribution < -0.4 is 15.8 Å². The number of anilines is 2. The van der Waals surface area contributed by atoms with Crippen LogP contribution in [0.5, 0.6) is 5.75 Å². The number of benzene rings is 2. The Balaban J connectivity index is 1.76. The van der Waals surface area contributed by atoms with E-state index in [1.165, 1.54) is 7.11 Å². The van der Waals surface area contributed by atoms with E-state index < -0.39 is 0 Å². The molecule has 0 aromatic heterocycles. The summed E-state index contributed by atoms with van der Waals surface area (Å²) in [5.74, 6) is 0.412. The number of methoxy groups -OCH3 is 1. The highest BCUT2D eigenvalue weighted by molar-refractivity contribution is 5.92. The second kappa shape index (κ2) is 8.05. The first-order valence-corrected chi connectivity index (χ1v) is 7.04. The highest BCUT2D eigenvalue weighted by atomic mass is 16.5. The molecule has 0 saturated carbocycles. The summed E-state index contributed by atoms with van der Waals surface area (Å²) in [6, 6.07) is 14.9. The maximum atomic E-state index is 11.9. The fourth-order valence-electron chi connectivity index (χ4n) is 1.95. The molecule has 0 bridgehead atoms. The molecule has 22 heavy (non-hydrogen) atoms. The van der Waals surface area contributed by atoms with Crippen LogP contribution in [0.15, 0.2) is 48.5 Å². The van der Waals surface area contributed by atoms with E-state index in [0.717, 1.165) is 5.56 Å². The van der Waals surface area contributed by atoms with Gasteiger partial charge in [-0.25, -0.2) is 0 Å². The van der Waals surface area contributed by atoms with Crippen LogP contribution in [0, 0.1) is 0 Å². The Morgan fingerprint density at radius 1 is 1.18 bits per heavy atom. The molecule has 0 aliphatic heterocycles. The lowest BCUT2D eigenvalue weighted by Crippen LogP contribution is -2.14. The fraction of sp³-hybridized carbons (Fsp3) is 0.235. The first-order valence-electron chi connectivity index (χ1n) is 7.04. The lowest BCUT2D eigenvalue weighted by molar-refractivity contribution is -0.117. The van der Waals surface area contributed by atoms with Crippen molar-refractivity contribution in [2.24, 2.45) is 0 Å². The van der Waals surface area contributed by atoms with Gasteiger partial charge < -0.3 is 20.5 Å². The SMILES string of the molecule is COc1cc(N)ccc1NC(=O)CCOCc1ccccc1. The number of carbonyl (C=O) groups is 1. The number of nitrogen functional groups attached to an aromatic ring is 1. The molecule has 3 N–H and O–H groups in total. The van der Waals surface area contributed by atoms with Crippen LogP contribution in [0.25, 0.3) is 0 Å². The van der Waals surface area contributed by atoms with Crippen molar-refractivity contribution in [2.75, 3.05) is 24.8 Å². The van der Waals surface area contributed by atoms with Crippen LogP contribution in [0.2, 0.25) is 0 Å². The zero-order chi connectivity index (χ0) is 15.8. The van der Waals surface area contributed by atoms with Crippen molar-refractivity contribution in [1.29, 1.82) is 0 Å². The van der Waals surface area contributed by atoms with Gasteiger partial charge >= 0.3 is 0 Å². The monoisotopic (exact) mass is 300 g/mol. The van der Waals surface area contributed by atoms with Crippen LogP contribution in [-0.2, 0) is 16.1 Å². The van der Waals surface area contributed by atoms with Gasteiger partial charge in [0.25, 0.3) is 0 Å². The number of rotatable bonds is 7. The number of hydrogen-bond donors (Lipinski definition) is 2. The fourth-order valence-corrected chi connectivity index (χ4v) is 1.95. The molecule has 1 amide bonds. The van der Waals surface area contributed by atoms with Crippen LogP contribution in [0.1, 0.15) is 12.0 Å². The molecule has 0 unspecified atom stereocenters. The lowest BCUT2D eigenvalue weighted by Gasteiger charge is -2.11. The van der Waals surface area contributed by atoms with E-state index >= 15 is 0 Å². The Labute approximate surface area is 130 Å². The normalized spacial score (nSPS) is 10.2. The highest BCUT2D eigenvalue weighted by Gasteiger charge is 2.08. The first kappa shape index (κ1) is 15.9. The van der Waals surface area contributed by atoms with Gasteiger partial charge in [-0.15, -0.1) is 0 Å². The molecule has 5 heteroatoms. The van der Waals surface area contributed by atoms with Gasteiger partial charge in [-0.05, 0) is 17.7 Å². The highest BCUT2D eigenvalue weighted by Crippen LogP contribution is 2.26. The molecule has 0 atom stereocenters. The second-order valence-electron chi connectivity index (χ2n) is 4.80. The van der Waals surface area contributed by atoms with Crippen LogP contribution in [0.3, 0.4) is 0 Å². The minimum atomic E-state index is -0.129. The molecule has 0 spiro atoms. The summed E-state index contributed by atoms with van der Waals surface area (Å²) >= 11 is 0. The van der Waals surface area contributed by atoms with Crippen molar-refractivity contribution in [2.45, 2.75) is 13.0 Å². The standard InChI is InChI=1S/C17H20N2O3/c1-21-16-11-14(18)7-8-15(16)19-17(20)9-10-22-12-13-5-3-2-4-6-13/h2-8,11H,9-10,12,18H2,1H3,(H,19,20). The van der Waals surface area contributed by atoms with Crippen molar-refractivity contribution in [3.05, 3.63) is 54.1 Å². The topological polar surface area (TPSA) is 73.6 Å². The summed E-state index contributed by atoms with van der Waals surface area (Å²) in [4.78, 5) is 11.9. The molecule has 2 aromatic carbocycles. The van der Waals surface area contributed by atoms with Crippen molar-refractivity contribution in [3.8, 4) is 5.75 Å². The van der Waals surface area contributed by atoms with E-state index in [1.54, 1.807) is 18.2 Å². The van der Waals surface area contributed by atoms with E-state index in [9.17, 15) is 4.79 Å². The second-order valence-corrected chi connectivity index (χ2v) is 4.80. The number of hydrogen-bond acceptors (Lipinski definition) is 4. The van der Waals surface area contributed by atoms with E-state index in [4.69, 9.17) is 15.2 Å². The minimum Gasteiger partial charge on any atom is -0.494 e. The van der Waals surface area contributed by atoms with Crippen molar-refractivity contribution < 1.29 is 14.3 Å². The van der Waals surface area contributed by atoms with Gasteiger partial charge in [-0.3, -0.25) is 4.79 Å². The molecule has 0 fully saturated rings. The summed E-state index contributed by atoms with van der Waals surface area (Å²) in [5, 5.41) is 2.79. The Morgan fingerprint density at radius 2 is 1.95 bits per heavy atom. The summed E-state index contributed by atoms with van der Waals surface area (Å²) in [6.45, 7) is 0.858. The number of ether oxygens (including phenoxy) is 2. The average molecular weight is 300 g/mol. The Hall–Kier alpha value is -2.53. The lowest BCUT2D eigenvalue weighted by atomic mass is 10.2. The third-order valence-electron chi connectivity index (χ3n) is 3.08. The molecule has 116 valence electrons. The molecule has 0 saturated heterocycles. The number of carbonyl (C=O) groups excluding carboxylic acids is 1. The van der Waals surface area contributed by atoms with Gasteiger partial charge in [0.05, 0.1) is 32.4 Å². The molecule has 5 nitrogen and oxygen atoms in total. The van der Waals surface area contributed by atoms with Gasteiger partial charge in [-0.2, -0.15) is 0 Å². The largest absolute Gasteiger partial charge is 0.494 e. The Kier molecular flexibility index (Phi) is 5.80. The van der Waals surface area contributed by atoms with Crippen LogP contribution >= 0.6 is 0 Å². The van der Waals surface area contributed by atoms with Crippen LogP contribution in [0.4, 0.5) is 11.4 Å². The summed E-state index contributed by atoms with van der Waals surface area (Å²) in [5.41, 5.74) is 7.95. The predicted molar refractivity (Wildman–Crippen MR) is 86.8 cm³/mol. The van der Waals surface area contributed by atoms with Crippen LogP contribution in [-0.4, -0.2) is 19.6 Å². The molecule has 0 aliphatic rings. The zero-order valence-corrected chi connectivity index (χ0v) is 12.5. The summed E-state index contributed by atoms with van der Waals surface area (Å²) < 4.78 is 10.7. The third-order valence-corrected chi connectivity index (χ3v) is 3.08. The molecule has 2 aromatic rings. The Bertz CT molecular complexity index is 615. The minimum absolute atomic E-state index is 0.129. The molecular formula is C17H20N2O3. The summed E-state index contributed by atoms with van der Waals surface area (Å²) in [6.07, 6.45) is 0.278. The van der Waals surface area contributed by atoms with Crippen molar-refractivity contribution in [3.63, 3.8) is 0 Å². The zero-order valence-electron chi connectivity index (χ0n) is 12.5. The van der Waals surface area contributed by atoms with Crippen molar-refractivity contribution >= 4 is 17.3 Å². The van der Waals surface area contributed by atoms with E-state index in [-0.39, 0.29) is 12.3 Å². The maximum absolute atomic E-state index is 11.9. The molecule has 0 radical (unpaired) electrons. The summed E-state index contributed by atoms with van der Waals surface area (Å²) in [7, 11) is 1.54. The predicted octanol–water partition coefficient (Wildman–Crippen LogP) is 2.82. The number of nitrogens with two attached hydrogens (primary N) is 1. The smallest absolute Gasteiger partial charge is 0.226 e. The molecule has 0 heterocycles. The van der Waals surface area contributed by atoms with Gasteiger partial charge in [-0.1, -0.05) is 30.3 Å². The van der Waals surface area contributed by atoms with Gasteiger partial charge in [0.15, 0.2) is 0 Å². The molecular weight excluding hydrogens is 280 g/mol. The van der Waals surface area contributed by atoms with E-state index in [1.807, 2.05) is 30.3 Å². The quantitative estimate of drug-likeness (QED) is 0.609. The van der Waals surface area contributed by atoms with E-state index in [2.05, 4.69) is 5.32 Å². The van der Waals surface area contributed by atoms with Gasteiger partial charge in [0, 0.05) is 11.8 Å².